The van der Waals surface area contributed by atoms with E-state index in [0.29, 0.717) is 18.9 Å². The van der Waals surface area contributed by atoms with Gasteiger partial charge in [0, 0.05) is 5.54 Å². The third-order valence-corrected chi connectivity index (χ3v) is 5.16. The quantitative estimate of drug-likeness (QED) is 0.731. The maximum Gasteiger partial charge on any atom is 0.307 e. The van der Waals surface area contributed by atoms with E-state index in [4.69, 9.17) is 4.74 Å². The molecule has 1 aliphatic heterocycles. The molecule has 1 heterocycles. The van der Waals surface area contributed by atoms with Crippen molar-refractivity contribution in [1.82, 2.24) is 4.90 Å². The van der Waals surface area contributed by atoms with Crippen molar-refractivity contribution in [1.29, 1.82) is 0 Å². The molecule has 3 heteroatoms. The maximum absolute atomic E-state index is 12.1. The van der Waals surface area contributed by atoms with Gasteiger partial charge in [0.15, 0.2) is 0 Å². The van der Waals surface area contributed by atoms with Crippen LogP contribution in [0.25, 0.3) is 0 Å². The summed E-state index contributed by atoms with van der Waals surface area (Å²) >= 11 is 0. The maximum atomic E-state index is 12.1. The SMILES string of the molecule is CCOC(=O)CC1(N2CCCCC2)CCCCC1C. The molecule has 1 saturated heterocycles. The van der Waals surface area contributed by atoms with Gasteiger partial charge in [0.25, 0.3) is 0 Å². The van der Waals surface area contributed by atoms with E-state index in [9.17, 15) is 4.79 Å². The Morgan fingerprint density at radius 2 is 1.95 bits per heavy atom. The van der Waals surface area contributed by atoms with E-state index in [-0.39, 0.29) is 11.5 Å². The highest BCUT2D eigenvalue weighted by atomic mass is 16.5. The standard InChI is InChI=1S/C16H29NO2/c1-3-19-15(18)13-16(10-6-5-9-14(16)2)17-11-7-4-8-12-17/h14H,3-13H2,1-2H3. The van der Waals surface area contributed by atoms with Gasteiger partial charge in [-0.05, 0) is 51.6 Å². The first-order valence-electron chi connectivity index (χ1n) is 8.10. The predicted octanol–water partition coefficient (Wildman–Crippen LogP) is 3.37. The van der Waals surface area contributed by atoms with Crippen molar-refractivity contribution >= 4 is 5.97 Å². The molecule has 0 aromatic rings. The van der Waals surface area contributed by atoms with Crippen molar-refractivity contribution < 1.29 is 9.53 Å². The molecule has 2 atom stereocenters. The van der Waals surface area contributed by atoms with E-state index in [1.165, 1.54) is 58.0 Å². The lowest BCUT2D eigenvalue weighted by molar-refractivity contribution is -0.149. The highest BCUT2D eigenvalue weighted by Gasteiger charge is 2.45. The van der Waals surface area contributed by atoms with Crippen LogP contribution in [0.3, 0.4) is 0 Å². The fraction of sp³-hybridized carbons (Fsp3) is 0.938. The van der Waals surface area contributed by atoms with Crippen LogP contribution in [0.1, 0.15) is 65.2 Å². The van der Waals surface area contributed by atoms with E-state index in [0.717, 1.165) is 0 Å². The fourth-order valence-electron chi connectivity index (χ4n) is 4.04. The average molecular weight is 267 g/mol. The normalized spacial score (nSPS) is 33.1. The summed E-state index contributed by atoms with van der Waals surface area (Å²) in [4.78, 5) is 14.7. The first kappa shape index (κ1) is 14.8. The Labute approximate surface area is 117 Å². The monoisotopic (exact) mass is 267 g/mol. The van der Waals surface area contributed by atoms with Crippen LogP contribution in [0.4, 0.5) is 0 Å². The largest absolute Gasteiger partial charge is 0.466 e. The van der Waals surface area contributed by atoms with Gasteiger partial charge in [-0.2, -0.15) is 0 Å². The Hall–Kier alpha value is -0.570. The second-order valence-electron chi connectivity index (χ2n) is 6.28. The third-order valence-electron chi connectivity index (χ3n) is 5.16. The lowest BCUT2D eigenvalue weighted by Gasteiger charge is -2.51. The smallest absolute Gasteiger partial charge is 0.307 e. The topological polar surface area (TPSA) is 29.5 Å². The first-order valence-corrected chi connectivity index (χ1v) is 8.10. The molecule has 2 fully saturated rings. The summed E-state index contributed by atoms with van der Waals surface area (Å²) in [7, 11) is 0. The molecule has 0 aromatic heterocycles. The van der Waals surface area contributed by atoms with E-state index in [2.05, 4.69) is 11.8 Å². The summed E-state index contributed by atoms with van der Waals surface area (Å²) in [5, 5.41) is 0. The molecule has 1 aliphatic carbocycles. The van der Waals surface area contributed by atoms with Gasteiger partial charge in [-0.15, -0.1) is 0 Å². The Bertz CT molecular complexity index is 299. The molecule has 0 amide bonds. The number of carbonyl (C=O) groups excluding carboxylic acids is 1. The second kappa shape index (κ2) is 6.74. The van der Waals surface area contributed by atoms with Crippen LogP contribution in [-0.2, 0) is 9.53 Å². The molecule has 3 nitrogen and oxygen atoms in total. The van der Waals surface area contributed by atoms with Crippen molar-refractivity contribution in [3.05, 3.63) is 0 Å². The highest BCUT2D eigenvalue weighted by Crippen LogP contribution is 2.42. The number of likely N-dealkylation sites (tertiary alicyclic amines) is 1. The summed E-state index contributed by atoms with van der Waals surface area (Å²) in [5.74, 6) is 0.616. The lowest BCUT2D eigenvalue weighted by atomic mass is 9.70. The highest BCUT2D eigenvalue weighted by molar-refractivity contribution is 5.71. The number of hydrogen-bond donors (Lipinski definition) is 0. The van der Waals surface area contributed by atoms with Crippen molar-refractivity contribution in [2.24, 2.45) is 5.92 Å². The van der Waals surface area contributed by atoms with Crippen LogP contribution in [0.5, 0.6) is 0 Å². The molecule has 1 saturated carbocycles. The van der Waals surface area contributed by atoms with Gasteiger partial charge in [0.05, 0.1) is 13.0 Å². The Morgan fingerprint density at radius 3 is 2.58 bits per heavy atom. The van der Waals surface area contributed by atoms with Crippen molar-refractivity contribution in [3.63, 3.8) is 0 Å². The average Bonchev–Trinajstić information content (AvgIpc) is 2.43. The molecular formula is C16H29NO2. The molecule has 0 N–H and O–H groups in total. The molecule has 110 valence electrons. The van der Waals surface area contributed by atoms with Gasteiger partial charge in [0.1, 0.15) is 0 Å². The zero-order valence-corrected chi connectivity index (χ0v) is 12.6. The number of esters is 1. The van der Waals surface area contributed by atoms with Gasteiger partial charge in [-0.25, -0.2) is 0 Å². The van der Waals surface area contributed by atoms with E-state index < -0.39 is 0 Å². The molecule has 0 aromatic carbocycles. The van der Waals surface area contributed by atoms with Crippen molar-refractivity contribution in [2.75, 3.05) is 19.7 Å². The minimum atomic E-state index is 0.00169. The molecule has 19 heavy (non-hydrogen) atoms. The second-order valence-corrected chi connectivity index (χ2v) is 6.28. The summed E-state index contributed by atoms with van der Waals surface area (Å²) in [6, 6.07) is 0. The van der Waals surface area contributed by atoms with Gasteiger partial charge in [-0.1, -0.05) is 26.2 Å². The molecule has 2 rings (SSSR count). The number of rotatable bonds is 4. The third kappa shape index (κ3) is 3.31. The van der Waals surface area contributed by atoms with Gasteiger partial charge >= 0.3 is 5.97 Å². The molecule has 0 spiro atoms. The van der Waals surface area contributed by atoms with Crippen LogP contribution >= 0.6 is 0 Å². The number of piperidine rings is 1. The summed E-state index contributed by atoms with van der Waals surface area (Å²) in [6.07, 6.45) is 9.54. The molecule has 2 unspecified atom stereocenters. The van der Waals surface area contributed by atoms with Gasteiger partial charge < -0.3 is 4.74 Å². The Morgan fingerprint density at radius 1 is 1.21 bits per heavy atom. The van der Waals surface area contributed by atoms with E-state index in [1.54, 1.807) is 0 Å². The summed E-state index contributed by atoms with van der Waals surface area (Å²) < 4.78 is 5.24. The molecule has 0 radical (unpaired) electrons. The van der Waals surface area contributed by atoms with Crippen LogP contribution in [0, 0.1) is 5.92 Å². The number of carbonyl (C=O) groups is 1. The van der Waals surface area contributed by atoms with Crippen LogP contribution in [0.15, 0.2) is 0 Å². The number of nitrogens with zero attached hydrogens (tertiary/aromatic N) is 1. The number of hydrogen-bond acceptors (Lipinski definition) is 3. The van der Waals surface area contributed by atoms with Crippen LogP contribution in [-0.4, -0.2) is 36.1 Å². The predicted molar refractivity (Wildman–Crippen MR) is 77.0 cm³/mol. The summed E-state index contributed by atoms with van der Waals surface area (Å²) in [5.41, 5.74) is 0.0882. The molecule has 0 bridgehead atoms. The first-order chi connectivity index (χ1) is 9.19. The van der Waals surface area contributed by atoms with Crippen LogP contribution < -0.4 is 0 Å². The van der Waals surface area contributed by atoms with Crippen molar-refractivity contribution in [2.45, 2.75) is 70.8 Å². The van der Waals surface area contributed by atoms with Crippen LogP contribution in [0.2, 0.25) is 0 Å². The Balaban J connectivity index is 2.13. The zero-order valence-electron chi connectivity index (χ0n) is 12.6. The van der Waals surface area contributed by atoms with E-state index >= 15 is 0 Å². The zero-order chi connectivity index (χ0) is 13.7. The van der Waals surface area contributed by atoms with Gasteiger partial charge in [0.2, 0.25) is 0 Å². The van der Waals surface area contributed by atoms with Gasteiger partial charge in [-0.3, -0.25) is 9.69 Å². The van der Waals surface area contributed by atoms with E-state index in [1.807, 2.05) is 6.92 Å². The van der Waals surface area contributed by atoms with Crippen molar-refractivity contribution in [3.8, 4) is 0 Å². The molecule has 2 aliphatic rings. The lowest BCUT2D eigenvalue weighted by Crippen LogP contribution is -2.57. The number of ether oxygens (including phenoxy) is 1. The minimum absolute atomic E-state index is 0.00169. The summed E-state index contributed by atoms with van der Waals surface area (Å²) in [6.45, 7) is 7.08. The minimum Gasteiger partial charge on any atom is -0.466 e. The molecular weight excluding hydrogens is 238 g/mol. The fourth-order valence-corrected chi connectivity index (χ4v) is 4.04. The Kier molecular flexibility index (Phi) is 5.26.